The van der Waals surface area contributed by atoms with E-state index in [2.05, 4.69) is 5.32 Å². The van der Waals surface area contributed by atoms with Gasteiger partial charge in [0.1, 0.15) is 11.4 Å². The van der Waals surface area contributed by atoms with Crippen molar-refractivity contribution in [3.05, 3.63) is 35.6 Å². The lowest BCUT2D eigenvalue weighted by Gasteiger charge is -2.24. The first-order valence-electron chi connectivity index (χ1n) is 8.15. The number of alkyl carbamates (subject to hydrolysis) is 1. The molecule has 0 aromatic heterocycles. The van der Waals surface area contributed by atoms with Crippen LogP contribution in [0.4, 0.5) is 9.18 Å². The summed E-state index contributed by atoms with van der Waals surface area (Å²) in [5, 5.41) is 1.73. The highest BCUT2D eigenvalue weighted by atomic mass is 32.2. The van der Waals surface area contributed by atoms with Crippen molar-refractivity contribution in [2.75, 3.05) is 12.3 Å². The zero-order valence-electron chi connectivity index (χ0n) is 14.9. The molecule has 0 heterocycles. The zero-order chi connectivity index (χ0) is 19.0. The molecule has 1 fully saturated rings. The number of nitrogens with one attached hydrogen (secondary N) is 1. The van der Waals surface area contributed by atoms with Crippen LogP contribution in [-0.4, -0.2) is 43.2 Å². The van der Waals surface area contributed by atoms with Crippen molar-refractivity contribution < 1.29 is 22.3 Å². The summed E-state index contributed by atoms with van der Waals surface area (Å²) >= 11 is 0. The fraction of sp³-hybridized carbons (Fsp3) is 0.588. The van der Waals surface area contributed by atoms with Crippen LogP contribution < -0.4 is 11.1 Å². The average Bonchev–Trinajstić information content (AvgIpc) is 3.15. The Hall–Kier alpha value is -1.67. The van der Waals surface area contributed by atoms with Crippen LogP contribution in [0.25, 0.3) is 0 Å². The van der Waals surface area contributed by atoms with Gasteiger partial charge in [-0.3, -0.25) is 0 Å². The molecular formula is C17H25FN2O4S. The van der Waals surface area contributed by atoms with Gasteiger partial charge in [0.25, 0.3) is 0 Å². The van der Waals surface area contributed by atoms with Crippen LogP contribution in [0.2, 0.25) is 0 Å². The number of hydrogen-bond acceptors (Lipinski definition) is 5. The van der Waals surface area contributed by atoms with Gasteiger partial charge in [-0.15, -0.1) is 0 Å². The molecule has 140 valence electrons. The average molecular weight is 372 g/mol. The highest BCUT2D eigenvalue weighted by Crippen LogP contribution is 2.55. The van der Waals surface area contributed by atoms with Gasteiger partial charge in [-0.05, 0) is 38.5 Å². The van der Waals surface area contributed by atoms with Crippen LogP contribution in [-0.2, 0) is 14.6 Å². The van der Waals surface area contributed by atoms with Crippen molar-refractivity contribution in [3.8, 4) is 0 Å². The molecule has 0 unspecified atom stereocenters. The number of amides is 1. The van der Waals surface area contributed by atoms with Gasteiger partial charge in [0.2, 0.25) is 0 Å². The summed E-state index contributed by atoms with van der Waals surface area (Å²) in [5.41, 5.74) is 4.41. The molecule has 0 bridgehead atoms. The molecule has 1 saturated carbocycles. The summed E-state index contributed by atoms with van der Waals surface area (Å²) in [6.07, 6.45) is -0.742. The topological polar surface area (TPSA) is 98.5 Å². The fourth-order valence-corrected chi connectivity index (χ4v) is 5.26. The van der Waals surface area contributed by atoms with Gasteiger partial charge >= 0.3 is 6.09 Å². The molecule has 0 aliphatic heterocycles. The Morgan fingerprint density at radius 2 is 2.04 bits per heavy atom. The van der Waals surface area contributed by atoms with Crippen molar-refractivity contribution in [1.82, 2.24) is 5.32 Å². The lowest BCUT2D eigenvalue weighted by atomic mass is 10.1. The molecule has 25 heavy (non-hydrogen) atoms. The molecule has 0 spiro atoms. The Labute approximate surface area is 147 Å². The van der Waals surface area contributed by atoms with Crippen LogP contribution in [0.3, 0.4) is 0 Å². The molecule has 1 aliphatic carbocycles. The second-order valence-corrected chi connectivity index (χ2v) is 9.69. The van der Waals surface area contributed by atoms with E-state index in [0.29, 0.717) is 5.56 Å². The predicted molar refractivity (Wildman–Crippen MR) is 93.5 cm³/mol. The first-order chi connectivity index (χ1) is 11.5. The zero-order valence-corrected chi connectivity index (χ0v) is 15.7. The van der Waals surface area contributed by atoms with Gasteiger partial charge in [-0.25, -0.2) is 17.6 Å². The van der Waals surface area contributed by atoms with E-state index < -0.39 is 44.1 Å². The van der Waals surface area contributed by atoms with Crippen molar-refractivity contribution in [1.29, 1.82) is 0 Å². The number of nitrogens with two attached hydrogens (primary N) is 1. The molecule has 2 rings (SSSR count). The van der Waals surface area contributed by atoms with Crippen molar-refractivity contribution >= 4 is 15.9 Å². The summed E-state index contributed by atoms with van der Waals surface area (Å²) in [6, 6.07) is 5.70. The summed E-state index contributed by atoms with van der Waals surface area (Å²) in [6.45, 7) is 6.55. The Morgan fingerprint density at radius 3 is 2.52 bits per heavy atom. The SMILES string of the molecule is CCS(=O)(=O)[C@@H]1[C@H](c2cccc(F)c2)[C@]1(CN)NC(=O)OC(C)(C)C. The quantitative estimate of drug-likeness (QED) is 0.823. The highest BCUT2D eigenvalue weighted by Gasteiger charge is 2.71. The molecule has 0 radical (unpaired) electrons. The lowest BCUT2D eigenvalue weighted by molar-refractivity contribution is 0.0497. The van der Waals surface area contributed by atoms with Crippen LogP contribution in [0.1, 0.15) is 39.2 Å². The minimum absolute atomic E-state index is 0.0960. The van der Waals surface area contributed by atoms with E-state index in [9.17, 15) is 17.6 Å². The molecule has 6 nitrogen and oxygen atoms in total. The highest BCUT2D eigenvalue weighted by molar-refractivity contribution is 7.92. The van der Waals surface area contributed by atoms with E-state index in [1.54, 1.807) is 26.8 Å². The second-order valence-electron chi connectivity index (χ2n) is 7.28. The molecule has 1 aliphatic rings. The third-order valence-corrected chi connectivity index (χ3v) is 6.60. The minimum Gasteiger partial charge on any atom is -0.444 e. The van der Waals surface area contributed by atoms with Crippen LogP contribution in [0, 0.1) is 5.82 Å². The van der Waals surface area contributed by atoms with E-state index in [0.717, 1.165) is 0 Å². The molecular weight excluding hydrogens is 347 g/mol. The summed E-state index contributed by atoms with van der Waals surface area (Å²) < 4.78 is 43.9. The van der Waals surface area contributed by atoms with Gasteiger partial charge in [0.05, 0.1) is 10.8 Å². The fourth-order valence-electron chi connectivity index (χ4n) is 3.22. The molecule has 1 aromatic rings. The third-order valence-electron chi connectivity index (χ3n) is 4.32. The number of carbonyl (C=O) groups is 1. The predicted octanol–water partition coefficient (Wildman–Crippen LogP) is 1.95. The van der Waals surface area contributed by atoms with E-state index in [-0.39, 0.29) is 12.3 Å². The molecule has 1 aromatic carbocycles. The summed E-state index contributed by atoms with van der Waals surface area (Å²) in [5.74, 6) is -1.19. The monoisotopic (exact) mass is 372 g/mol. The first kappa shape index (κ1) is 19.7. The lowest BCUT2D eigenvalue weighted by Crippen LogP contribution is -2.49. The van der Waals surface area contributed by atoms with E-state index >= 15 is 0 Å². The van der Waals surface area contributed by atoms with Crippen LogP contribution in [0.5, 0.6) is 0 Å². The van der Waals surface area contributed by atoms with Gasteiger partial charge < -0.3 is 15.8 Å². The molecule has 8 heteroatoms. The molecule has 0 saturated heterocycles. The van der Waals surface area contributed by atoms with E-state index in [4.69, 9.17) is 10.5 Å². The maximum Gasteiger partial charge on any atom is 0.408 e. The van der Waals surface area contributed by atoms with E-state index in [1.807, 2.05) is 0 Å². The third kappa shape index (κ3) is 3.95. The number of hydrogen-bond donors (Lipinski definition) is 2. The van der Waals surface area contributed by atoms with Crippen LogP contribution >= 0.6 is 0 Å². The largest absolute Gasteiger partial charge is 0.444 e. The van der Waals surface area contributed by atoms with E-state index in [1.165, 1.54) is 25.1 Å². The number of benzene rings is 1. The Kier molecular flexibility index (Phi) is 5.16. The molecule has 3 atom stereocenters. The molecule has 3 N–H and O–H groups in total. The maximum absolute atomic E-state index is 13.6. The number of halogens is 1. The summed E-state index contributed by atoms with van der Waals surface area (Å²) in [4.78, 5) is 12.2. The van der Waals surface area contributed by atoms with Gasteiger partial charge in [0.15, 0.2) is 9.84 Å². The number of sulfone groups is 1. The van der Waals surface area contributed by atoms with Crippen molar-refractivity contribution in [3.63, 3.8) is 0 Å². The number of carbonyl (C=O) groups excluding carboxylic acids is 1. The maximum atomic E-state index is 13.6. The minimum atomic E-state index is -3.52. The number of rotatable bonds is 5. The van der Waals surface area contributed by atoms with Crippen LogP contribution in [0.15, 0.2) is 24.3 Å². The summed E-state index contributed by atoms with van der Waals surface area (Å²) in [7, 11) is -3.52. The Bertz CT molecular complexity index is 760. The van der Waals surface area contributed by atoms with Gasteiger partial charge in [-0.1, -0.05) is 19.1 Å². The standard InChI is InChI=1S/C17H25FN2O4S/c1-5-25(22,23)14-13(11-7-6-8-12(18)9-11)17(14,10-19)20-15(21)24-16(2,3)4/h6-9,13-14H,5,10,19H2,1-4H3,(H,20,21)/t13-,14+,17-/m0/s1. The van der Waals surface area contributed by atoms with Crippen molar-refractivity contribution in [2.24, 2.45) is 5.73 Å². The first-order valence-corrected chi connectivity index (χ1v) is 9.86. The normalized spacial score (nSPS) is 26.2. The van der Waals surface area contributed by atoms with Gasteiger partial charge in [-0.2, -0.15) is 0 Å². The Balaban J connectivity index is 2.40. The molecule has 1 amide bonds. The van der Waals surface area contributed by atoms with Gasteiger partial charge in [0, 0.05) is 18.2 Å². The smallest absolute Gasteiger partial charge is 0.408 e. The Morgan fingerprint density at radius 1 is 1.40 bits per heavy atom. The number of ether oxygens (including phenoxy) is 1. The second kappa shape index (κ2) is 6.57. The van der Waals surface area contributed by atoms with Crippen molar-refractivity contribution in [2.45, 2.75) is 50.0 Å².